The maximum Gasteiger partial charge on any atom is 0.270 e. The Morgan fingerprint density at radius 2 is 2.09 bits per heavy atom. The highest BCUT2D eigenvalue weighted by molar-refractivity contribution is 5.79. The summed E-state index contributed by atoms with van der Waals surface area (Å²) < 4.78 is 1.36. The number of nitro benzene ring substituents is 1. The second-order valence-electron chi connectivity index (χ2n) is 4.95. The predicted octanol–water partition coefficient (Wildman–Crippen LogP) is 2.22. The lowest BCUT2D eigenvalue weighted by molar-refractivity contribution is -0.384. The van der Waals surface area contributed by atoms with Crippen LogP contribution in [0.1, 0.15) is 11.1 Å². The smallest absolute Gasteiger partial charge is 0.270 e. The lowest BCUT2D eigenvalue weighted by atomic mass is 10.1. The van der Waals surface area contributed by atoms with E-state index in [1.807, 2.05) is 6.07 Å². The fourth-order valence-corrected chi connectivity index (χ4v) is 2.31. The Balaban J connectivity index is 2.08. The lowest BCUT2D eigenvalue weighted by Crippen LogP contribution is -2.21. The number of benzene rings is 2. The summed E-state index contributed by atoms with van der Waals surface area (Å²) in [5, 5.41) is 20.0. The number of nitriles is 1. The number of rotatable bonds is 3. The Kier molecular flexibility index (Phi) is 3.57. The maximum atomic E-state index is 12.5. The fourth-order valence-electron chi connectivity index (χ4n) is 2.31. The van der Waals surface area contributed by atoms with E-state index in [1.54, 1.807) is 24.3 Å². The molecule has 23 heavy (non-hydrogen) atoms. The molecule has 0 aliphatic heterocycles. The molecule has 0 unspecified atom stereocenters. The first kappa shape index (κ1) is 14.4. The Morgan fingerprint density at radius 3 is 2.83 bits per heavy atom. The normalized spacial score (nSPS) is 10.4. The molecule has 1 aromatic heterocycles. The first-order valence-corrected chi connectivity index (χ1v) is 6.71. The van der Waals surface area contributed by atoms with E-state index < -0.39 is 4.92 Å². The van der Waals surface area contributed by atoms with Gasteiger partial charge in [0, 0.05) is 12.1 Å². The molecule has 0 amide bonds. The van der Waals surface area contributed by atoms with Crippen molar-refractivity contribution in [3.63, 3.8) is 0 Å². The molecule has 0 N–H and O–H groups in total. The fraction of sp³-hybridized carbons (Fsp3) is 0.0625. The van der Waals surface area contributed by atoms with Gasteiger partial charge >= 0.3 is 0 Å². The van der Waals surface area contributed by atoms with Crippen molar-refractivity contribution in [3.05, 3.63) is 80.4 Å². The van der Waals surface area contributed by atoms with Gasteiger partial charge in [0.1, 0.15) is 0 Å². The summed E-state index contributed by atoms with van der Waals surface area (Å²) in [6.45, 7) is 0.236. The summed E-state index contributed by atoms with van der Waals surface area (Å²) in [5.74, 6) is 0. The van der Waals surface area contributed by atoms with Gasteiger partial charge in [0.15, 0.2) is 0 Å². The molecule has 3 rings (SSSR count). The Hall–Kier alpha value is -3.53. The Labute approximate surface area is 130 Å². The average molecular weight is 306 g/mol. The molecule has 0 fully saturated rings. The number of nitro groups is 1. The van der Waals surface area contributed by atoms with E-state index in [0.717, 1.165) is 5.56 Å². The predicted molar refractivity (Wildman–Crippen MR) is 82.9 cm³/mol. The number of non-ortho nitro benzene ring substituents is 1. The quantitative estimate of drug-likeness (QED) is 0.545. The van der Waals surface area contributed by atoms with Crippen LogP contribution < -0.4 is 5.56 Å². The van der Waals surface area contributed by atoms with Gasteiger partial charge < -0.3 is 0 Å². The first-order valence-electron chi connectivity index (χ1n) is 6.71. The molecular formula is C16H10N4O3. The Bertz CT molecular complexity index is 1020. The summed E-state index contributed by atoms with van der Waals surface area (Å²) in [5.41, 5.74) is 1.17. The van der Waals surface area contributed by atoms with Crippen LogP contribution in [0.25, 0.3) is 10.9 Å². The first-order chi connectivity index (χ1) is 11.1. The van der Waals surface area contributed by atoms with Gasteiger partial charge in [0.05, 0.1) is 40.3 Å². The van der Waals surface area contributed by atoms with Crippen LogP contribution in [0.4, 0.5) is 5.69 Å². The highest BCUT2D eigenvalue weighted by atomic mass is 16.6. The van der Waals surface area contributed by atoms with Crippen molar-refractivity contribution in [2.24, 2.45) is 0 Å². The molecule has 0 aliphatic rings. The standard InChI is InChI=1S/C16H10N4O3/c17-8-11-2-1-3-12(6-11)9-19-10-18-15-5-4-13(20(22)23)7-14(15)16(19)21/h1-7,10H,9H2. The minimum absolute atomic E-state index is 0.152. The number of hydrogen-bond acceptors (Lipinski definition) is 5. The van der Waals surface area contributed by atoms with Crippen molar-refractivity contribution in [2.45, 2.75) is 6.54 Å². The SMILES string of the molecule is N#Cc1cccc(Cn2cnc3ccc([N+](=O)[O-])cc3c2=O)c1. The van der Waals surface area contributed by atoms with Gasteiger partial charge in [0.2, 0.25) is 0 Å². The van der Waals surface area contributed by atoms with Crippen LogP contribution in [0, 0.1) is 21.4 Å². The minimum atomic E-state index is -0.549. The van der Waals surface area contributed by atoms with Gasteiger partial charge in [-0.2, -0.15) is 5.26 Å². The minimum Gasteiger partial charge on any atom is -0.294 e. The van der Waals surface area contributed by atoms with Crippen LogP contribution in [-0.2, 0) is 6.54 Å². The van der Waals surface area contributed by atoms with E-state index in [9.17, 15) is 14.9 Å². The van der Waals surface area contributed by atoms with Crippen LogP contribution in [0.2, 0.25) is 0 Å². The van der Waals surface area contributed by atoms with Crippen molar-refractivity contribution >= 4 is 16.6 Å². The number of hydrogen-bond donors (Lipinski definition) is 0. The van der Waals surface area contributed by atoms with Gasteiger partial charge in [-0.3, -0.25) is 19.5 Å². The molecule has 0 bridgehead atoms. The molecule has 0 radical (unpaired) electrons. The average Bonchev–Trinajstić information content (AvgIpc) is 2.57. The molecule has 0 saturated carbocycles. The van der Waals surface area contributed by atoms with Crippen LogP contribution in [0.5, 0.6) is 0 Å². The van der Waals surface area contributed by atoms with Crippen molar-refractivity contribution in [2.75, 3.05) is 0 Å². The van der Waals surface area contributed by atoms with Gasteiger partial charge in [-0.05, 0) is 23.8 Å². The zero-order valence-electron chi connectivity index (χ0n) is 11.8. The second kappa shape index (κ2) is 5.69. The number of nitrogens with zero attached hydrogens (tertiary/aromatic N) is 4. The highest BCUT2D eigenvalue weighted by Gasteiger charge is 2.11. The van der Waals surface area contributed by atoms with Crippen LogP contribution >= 0.6 is 0 Å². The van der Waals surface area contributed by atoms with E-state index in [0.29, 0.717) is 11.1 Å². The van der Waals surface area contributed by atoms with E-state index in [2.05, 4.69) is 4.98 Å². The van der Waals surface area contributed by atoms with Gasteiger partial charge in [-0.1, -0.05) is 12.1 Å². The van der Waals surface area contributed by atoms with Gasteiger partial charge in [0.25, 0.3) is 11.2 Å². The van der Waals surface area contributed by atoms with Crippen LogP contribution in [0.15, 0.2) is 53.6 Å². The van der Waals surface area contributed by atoms with E-state index in [4.69, 9.17) is 5.26 Å². The summed E-state index contributed by atoms with van der Waals surface area (Å²) in [7, 11) is 0. The molecule has 0 saturated heterocycles. The molecule has 7 heteroatoms. The molecule has 112 valence electrons. The zero-order chi connectivity index (χ0) is 16.4. The van der Waals surface area contributed by atoms with Crippen molar-refractivity contribution in [1.29, 1.82) is 5.26 Å². The summed E-state index contributed by atoms with van der Waals surface area (Å²) in [6.07, 6.45) is 1.40. The number of fused-ring (bicyclic) bond motifs is 1. The van der Waals surface area contributed by atoms with Crippen molar-refractivity contribution < 1.29 is 4.92 Å². The molecule has 0 aliphatic carbocycles. The molecule has 0 atom stereocenters. The maximum absolute atomic E-state index is 12.5. The summed E-state index contributed by atoms with van der Waals surface area (Å²) in [4.78, 5) is 27.0. The third-order valence-corrected chi connectivity index (χ3v) is 3.43. The molecule has 1 heterocycles. The van der Waals surface area contributed by atoms with E-state index >= 15 is 0 Å². The van der Waals surface area contributed by atoms with Crippen molar-refractivity contribution in [3.8, 4) is 6.07 Å². The molecule has 2 aromatic carbocycles. The molecule has 3 aromatic rings. The van der Waals surface area contributed by atoms with Gasteiger partial charge in [-0.15, -0.1) is 0 Å². The van der Waals surface area contributed by atoms with Gasteiger partial charge in [-0.25, -0.2) is 4.98 Å². The molecular weight excluding hydrogens is 296 g/mol. The highest BCUT2D eigenvalue weighted by Crippen LogP contribution is 2.16. The van der Waals surface area contributed by atoms with E-state index in [1.165, 1.54) is 29.1 Å². The molecule has 0 spiro atoms. The third kappa shape index (κ3) is 2.78. The second-order valence-corrected chi connectivity index (χ2v) is 4.95. The summed E-state index contributed by atoms with van der Waals surface area (Å²) in [6, 6.07) is 12.9. The van der Waals surface area contributed by atoms with Crippen LogP contribution in [-0.4, -0.2) is 14.5 Å². The van der Waals surface area contributed by atoms with Crippen LogP contribution in [0.3, 0.4) is 0 Å². The monoisotopic (exact) mass is 306 g/mol. The molecule has 7 nitrogen and oxygen atoms in total. The zero-order valence-corrected chi connectivity index (χ0v) is 11.8. The van der Waals surface area contributed by atoms with Crippen molar-refractivity contribution in [1.82, 2.24) is 9.55 Å². The largest absolute Gasteiger partial charge is 0.294 e. The number of aromatic nitrogens is 2. The van der Waals surface area contributed by atoms with E-state index in [-0.39, 0.29) is 23.2 Å². The third-order valence-electron chi connectivity index (χ3n) is 3.43. The topological polar surface area (TPSA) is 102 Å². The lowest BCUT2D eigenvalue weighted by Gasteiger charge is -2.07. The Morgan fingerprint density at radius 1 is 1.26 bits per heavy atom. The summed E-state index contributed by atoms with van der Waals surface area (Å²) >= 11 is 0.